The third-order valence-electron chi connectivity index (χ3n) is 5.26. The Morgan fingerprint density at radius 1 is 1.28 bits per heavy atom. The van der Waals surface area contributed by atoms with E-state index in [2.05, 4.69) is 24.4 Å². The monoisotopic (exact) mass is 345 g/mol. The summed E-state index contributed by atoms with van der Waals surface area (Å²) in [5.41, 5.74) is 0.799. The zero-order chi connectivity index (χ0) is 17.9. The zero-order valence-corrected chi connectivity index (χ0v) is 15.0. The summed E-state index contributed by atoms with van der Waals surface area (Å²) in [7, 11) is 1.77. The highest BCUT2D eigenvalue weighted by atomic mass is 16.6. The van der Waals surface area contributed by atoms with Crippen molar-refractivity contribution in [1.29, 1.82) is 0 Å². The maximum atomic E-state index is 12.3. The first-order valence-corrected chi connectivity index (χ1v) is 8.98. The van der Waals surface area contributed by atoms with Crippen molar-refractivity contribution < 1.29 is 14.3 Å². The Labute approximate surface area is 149 Å². The summed E-state index contributed by atoms with van der Waals surface area (Å²) in [6, 6.07) is 10.2. The zero-order valence-electron chi connectivity index (χ0n) is 15.0. The van der Waals surface area contributed by atoms with Crippen LogP contribution in [0.25, 0.3) is 0 Å². The molecular formula is C19H27N3O3. The molecule has 2 amide bonds. The van der Waals surface area contributed by atoms with Gasteiger partial charge in [0.05, 0.1) is 13.1 Å². The van der Waals surface area contributed by atoms with Crippen LogP contribution in [-0.2, 0) is 9.53 Å². The van der Waals surface area contributed by atoms with Crippen LogP contribution in [-0.4, -0.2) is 67.2 Å². The Morgan fingerprint density at radius 3 is 2.60 bits per heavy atom. The number of hydrogen-bond acceptors (Lipinski definition) is 4. The summed E-state index contributed by atoms with van der Waals surface area (Å²) in [4.78, 5) is 28.0. The fourth-order valence-electron chi connectivity index (χ4n) is 3.74. The lowest BCUT2D eigenvalue weighted by Crippen LogP contribution is -2.50. The number of nitrogens with zero attached hydrogens (tertiary/aromatic N) is 2. The number of rotatable bonds is 5. The summed E-state index contributed by atoms with van der Waals surface area (Å²) in [5.74, 6) is 0.373. The number of carbonyl (C=O) groups is 2. The van der Waals surface area contributed by atoms with Gasteiger partial charge in [0.2, 0.25) is 5.91 Å². The van der Waals surface area contributed by atoms with Crippen LogP contribution >= 0.6 is 0 Å². The van der Waals surface area contributed by atoms with E-state index in [0.717, 1.165) is 0 Å². The quantitative estimate of drug-likeness (QED) is 0.884. The first-order valence-electron chi connectivity index (χ1n) is 8.98. The molecule has 1 N–H and O–H groups in total. The minimum atomic E-state index is -0.427. The molecule has 0 unspecified atom stereocenters. The topological polar surface area (TPSA) is 61.9 Å². The molecule has 2 heterocycles. The average Bonchev–Trinajstić information content (AvgIpc) is 2.91. The minimum Gasteiger partial charge on any atom is -0.441 e. The summed E-state index contributed by atoms with van der Waals surface area (Å²) in [6.45, 7) is 5.07. The molecule has 1 aromatic carbocycles. The van der Waals surface area contributed by atoms with Crippen molar-refractivity contribution in [2.75, 3.05) is 39.8 Å². The van der Waals surface area contributed by atoms with Gasteiger partial charge < -0.3 is 19.9 Å². The average molecular weight is 345 g/mol. The molecule has 0 saturated carbocycles. The van der Waals surface area contributed by atoms with E-state index in [1.54, 1.807) is 7.05 Å². The van der Waals surface area contributed by atoms with Gasteiger partial charge in [-0.1, -0.05) is 37.3 Å². The fraction of sp³-hybridized carbons (Fsp3) is 0.579. The van der Waals surface area contributed by atoms with Crippen LogP contribution < -0.4 is 5.32 Å². The third-order valence-corrected chi connectivity index (χ3v) is 5.26. The number of likely N-dealkylation sites (tertiary alicyclic amines) is 1. The second-order valence-electron chi connectivity index (χ2n) is 7.15. The van der Waals surface area contributed by atoms with E-state index in [1.807, 2.05) is 28.0 Å². The summed E-state index contributed by atoms with van der Waals surface area (Å²) in [5, 5.41) is 2.89. The van der Waals surface area contributed by atoms with Crippen molar-refractivity contribution >= 4 is 12.0 Å². The maximum Gasteiger partial charge on any atom is 0.410 e. The molecular weight excluding hydrogens is 318 g/mol. The Hall–Kier alpha value is -2.08. The molecule has 1 aromatic rings. The molecule has 25 heavy (non-hydrogen) atoms. The van der Waals surface area contributed by atoms with Crippen molar-refractivity contribution in [1.82, 2.24) is 15.1 Å². The van der Waals surface area contributed by atoms with Gasteiger partial charge in [0, 0.05) is 32.5 Å². The number of amides is 2. The Bertz CT molecular complexity index is 612. The van der Waals surface area contributed by atoms with Gasteiger partial charge in [-0.15, -0.1) is 0 Å². The summed E-state index contributed by atoms with van der Waals surface area (Å²) >= 11 is 0. The van der Waals surface area contributed by atoms with E-state index in [-0.39, 0.29) is 17.9 Å². The van der Waals surface area contributed by atoms with Gasteiger partial charge >= 0.3 is 6.09 Å². The summed E-state index contributed by atoms with van der Waals surface area (Å²) in [6.07, 6.45) is 1.20. The Morgan fingerprint density at radius 2 is 1.96 bits per heavy atom. The number of ether oxygens (including phenoxy) is 1. The van der Waals surface area contributed by atoms with E-state index >= 15 is 0 Å². The molecule has 2 aliphatic rings. The standard InChI is InChI=1S/C19H27N3O3/c1-15(16-6-4-3-5-7-16)13-22-14-19(25-18(22)24)8-10-21(11-9-19)17(23)12-20-2/h3-7,15,20H,8-14H2,1-2H3/t15-/m1/s1. The molecule has 0 bridgehead atoms. The van der Waals surface area contributed by atoms with Crippen molar-refractivity contribution in [3.63, 3.8) is 0 Å². The van der Waals surface area contributed by atoms with Crippen molar-refractivity contribution in [3.8, 4) is 0 Å². The van der Waals surface area contributed by atoms with Crippen molar-refractivity contribution in [3.05, 3.63) is 35.9 Å². The molecule has 6 nitrogen and oxygen atoms in total. The molecule has 3 rings (SSSR count). The van der Waals surface area contributed by atoms with E-state index in [4.69, 9.17) is 4.74 Å². The van der Waals surface area contributed by atoms with Gasteiger partial charge in [-0.2, -0.15) is 0 Å². The second kappa shape index (κ2) is 7.44. The van der Waals surface area contributed by atoms with Crippen LogP contribution in [0.2, 0.25) is 0 Å². The second-order valence-corrected chi connectivity index (χ2v) is 7.15. The number of carbonyl (C=O) groups excluding carboxylic acids is 2. The molecule has 2 aliphatic heterocycles. The fourth-order valence-corrected chi connectivity index (χ4v) is 3.74. The van der Waals surface area contributed by atoms with E-state index in [0.29, 0.717) is 45.6 Å². The van der Waals surface area contributed by atoms with Crippen LogP contribution in [0.3, 0.4) is 0 Å². The highest BCUT2D eigenvalue weighted by Crippen LogP contribution is 2.34. The first-order chi connectivity index (χ1) is 12.0. The van der Waals surface area contributed by atoms with E-state index < -0.39 is 5.60 Å². The molecule has 0 aromatic heterocycles. The molecule has 0 aliphatic carbocycles. The van der Waals surface area contributed by atoms with Gasteiger partial charge in [-0.25, -0.2) is 4.79 Å². The molecule has 1 spiro atoms. The van der Waals surface area contributed by atoms with Gasteiger partial charge in [-0.05, 0) is 18.5 Å². The van der Waals surface area contributed by atoms with Crippen LogP contribution in [0.1, 0.15) is 31.2 Å². The lowest BCUT2D eigenvalue weighted by Gasteiger charge is -2.37. The molecule has 2 fully saturated rings. The number of nitrogens with one attached hydrogen (secondary N) is 1. The Kier molecular flexibility index (Phi) is 5.27. The number of likely N-dealkylation sites (N-methyl/N-ethyl adjacent to an activating group) is 1. The molecule has 136 valence electrons. The number of hydrogen-bond donors (Lipinski definition) is 1. The van der Waals surface area contributed by atoms with Crippen molar-refractivity contribution in [2.24, 2.45) is 0 Å². The maximum absolute atomic E-state index is 12.3. The predicted octanol–water partition coefficient (Wildman–Crippen LogP) is 1.82. The van der Waals surface area contributed by atoms with Gasteiger partial charge in [0.25, 0.3) is 0 Å². The highest BCUT2D eigenvalue weighted by Gasteiger charge is 2.47. The highest BCUT2D eigenvalue weighted by molar-refractivity contribution is 5.78. The van der Waals surface area contributed by atoms with Gasteiger partial charge in [-0.3, -0.25) is 4.79 Å². The van der Waals surface area contributed by atoms with Crippen LogP contribution in [0.5, 0.6) is 0 Å². The molecule has 6 heteroatoms. The van der Waals surface area contributed by atoms with Crippen molar-refractivity contribution in [2.45, 2.75) is 31.3 Å². The predicted molar refractivity (Wildman–Crippen MR) is 95.4 cm³/mol. The van der Waals surface area contributed by atoms with Crippen LogP contribution in [0.4, 0.5) is 4.79 Å². The largest absolute Gasteiger partial charge is 0.441 e. The smallest absolute Gasteiger partial charge is 0.410 e. The number of piperidine rings is 1. The van der Waals surface area contributed by atoms with E-state index in [1.165, 1.54) is 5.56 Å². The van der Waals surface area contributed by atoms with Crippen LogP contribution in [0.15, 0.2) is 30.3 Å². The van der Waals surface area contributed by atoms with Crippen LogP contribution in [0, 0.1) is 0 Å². The molecule has 0 radical (unpaired) electrons. The SMILES string of the molecule is CNCC(=O)N1CCC2(CC1)CN(C[C@@H](C)c1ccccc1)C(=O)O2. The lowest BCUT2D eigenvalue weighted by atomic mass is 9.91. The normalized spacial score (nSPS) is 20.6. The summed E-state index contributed by atoms with van der Waals surface area (Å²) < 4.78 is 5.76. The first kappa shape index (κ1) is 17.7. The third kappa shape index (κ3) is 3.95. The van der Waals surface area contributed by atoms with E-state index in [9.17, 15) is 9.59 Å². The lowest BCUT2D eigenvalue weighted by molar-refractivity contribution is -0.133. The molecule has 2 saturated heterocycles. The Balaban J connectivity index is 1.57. The number of benzene rings is 1. The molecule has 1 atom stereocenters. The van der Waals surface area contributed by atoms with Gasteiger partial charge in [0.1, 0.15) is 5.60 Å². The van der Waals surface area contributed by atoms with Gasteiger partial charge in [0.15, 0.2) is 0 Å². The minimum absolute atomic E-state index is 0.108.